The topological polar surface area (TPSA) is 116 Å². The van der Waals surface area contributed by atoms with Gasteiger partial charge < -0.3 is 30.3 Å². The third-order valence-electron chi connectivity index (χ3n) is 5.62. The van der Waals surface area contributed by atoms with Gasteiger partial charge in [-0.2, -0.15) is 0 Å². The van der Waals surface area contributed by atoms with E-state index in [4.69, 9.17) is 4.98 Å². The first kappa shape index (κ1) is 23.0. The highest BCUT2D eigenvalue weighted by Crippen LogP contribution is 2.27. The second-order valence-electron chi connectivity index (χ2n) is 9.48. The Morgan fingerprint density at radius 1 is 1.15 bits per heavy atom. The van der Waals surface area contributed by atoms with Crippen molar-refractivity contribution in [3.63, 3.8) is 0 Å². The monoisotopic (exact) mass is 452 g/mol. The molecule has 176 valence electrons. The van der Waals surface area contributed by atoms with Gasteiger partial charge in [-0.1, -0.05) is 0 Å². The Hall–Kier alpha value is -3.17. The minimum Gasteiger partial charge on any atom is -0.395 e. The van der Waals surface area contributed by atoms with Crippen molar-refractivity contribution in [2.24, 2.45) is 0 Å². The lowest BCUT2D eigenvalue weighted by atomic mass is 10.1. The first-order chi connectivity index (χ1) is 15.7. The number of hydrogen-bond donors (Lipinski definition) is 4. The molecular weight excluding hydrogens is 420 g/mol. The van der Waals surface area contributed by atoms with E-state index < -0.39 is 0 Å². The summed E-state index contributed by atoms with van der Waals surface area (Å²) in [5.41, 5.74) is 0.541. The van der Waals surface area contributed by atoms with E-state index in [9.17, 15) is 15.0 Å². The average Bonchev–Trinajstić information content (AvgIpc) is 2.75. The zero-order valence-corrected chi connectivity index (χ0v) is 19.4. The normalized spacial score (nSPS) is 15.1. The Labute approximate surface area is 193 Å². The number of aliphatic hydroxyl groups excluding tert-OH is 2. The summed E-state index contributed by atoms with van der Waals surface area (Å²) in [6, 6.07) is 7.63. The van der Waals surface area contributed by atoms with Gasteiger partial charge in [0.15, 0.2) is 0 Å². The summed E-state index contributed by atoms with van der Waals surface area (Å²) in [5, 5.41) is 26.9. The van der Waals surface area contributed by atoms with E-state index in [0.717, 1.165) is 37.0 Å². The molecule has 0 aromatic carbocycles. The Morgan fingerprint density at radius 3 is 2.61 bits per heavy atom. The molecule has 1 fully saturated rings. The smallest absolute Gasteiger partial charge is 0.262 e. The molecular formula is C24H32N6O3. The van der Waals surface area contributed by atoms with Gasteiger partial charge >= 0.3 is 0 Å². The molecule has 4 N–H and O–H groups in total. The van der Waals surface area contributed by atoms with Crippen molar-refractivity contribution in [3.8, 4) is 0 Å². The van der Waals surface area contributed by atoms with Crippen LogP contribution in [0, 0.1) is 0 Å². The summed E-state index contributed by atoms with van der Waals surface area (Å²) in [4.78, 5) is 24.4. The Balaban J connectivity index is 1.69. The highest BCUT2D eigenvalue weighted by atomic mass is 16.3. The number of aromatic nitrogens is 3. The fourth-order valence-corrected chi connectivity index (χ4v) is 4.04. The maximum Gasteiger partial charge on any atom is 0.262 e. The van der Waals surface area contributed by atoms with Crippen LogP contribution in [0.25, 0.3) is 10.8 Å². The van der Waals surface area contributed by atoms with Crippen LogP contribution in [-0.2, 0) is 6.54 Å². The van der Waals surface area contributed by atoms with Crippen LogP contribution >= 0.6 is 0 Å². The van der Waals surface area contributed by atoms with Crippen LogP contribution in [0.2, 0.25) is 0 Å². The minimum atomic E-state index is -0.306. The summed E-state index contributed by atoms with van der Waals surface area (Å²) in [7, 11) is 0. The van der Waals surface area contributed by atoms with Crippen molar-refractivity contribution >= 4 is 33.9 Å². The number of anilines is 4. The summed E-state index contributed by atoms with van der Waals surface area (Å²) >= 11 is 0. The molecule has 0 atom stereocenters. The zero-order chi connectivity index (χ0) is 23.6. The number of aliphatic hydroxyl groups is 2. The molecule has 0 amide bonds. The van der Waals surface area contributed by atoms with Crippen molar-refractivity contribution in [1.29, 1.82) is 0 Å². The number of nitrogens with zero attached hydrogens (tertiary/aromatic N) is 4. The Bertz CT molecular complexity index is 1180. The molecule has 1 aliphatic rings. The Kier molecular flexibility index (Phi) is 6.53. The van der Waals surface area contributed by atoms with Crippen molar-refractivity contribution < 1.29 is 10.2 Å². The second-order valence-corrected chi connectivity index (χ2v) is 9.48. The molecule has 0 saturated carbocycles. The molecule has 1 aliphatic heterocycles. The average molecular weight is 453 g/mol. The highest BCUT2D eigenvalue weighted by Gasteiger charge is 2.19. The fraction of sp³-hybridized carbons (Fsp3) is 0.458. The third kappa shape index (κ3) is 5.43. The van der Waals surface area contributed by atoms with E-state index in [0.29, 0.717) is 22.8 Å². The maximum atomic E-state index is 13.1. The fourth-order valence-electron chi connectivity index (χ4n) is 4.04. The van der Waals surface area contributed by atoms with Crippen molar-refractivity contribution in [2.45, 2.75) is 51.8 Å². The van der Waals surface area contributed by atoms with Gasteiger partial charge in [0.25, 0.3) is 5.56 Å². The van der Waals surface area contributed by atoms with Crippen molar-refractivity contribution in [2.75, 3.05) is 35.2 Å². The van der Waals surface area contributed by atoms with E-state index >= 15 is 0 Å². The highest BCUT2D eigenvalue weighted by molar-refractivity contribution is 5.93. The molecule has 3 aromatic rings. The van der Waals surface area contributed by atoms with E-state index in [1.165, 1.54) is 4.57 Å². The van der Waals surface area contributed by atoms with E-state index in [1.54, 1.807) is 12.4 Å². The van der Waals surface area contributed by atoms with Crippen LogP contribution in [-0.4, -0.2) is 56.1 Å². The van der Waals surface area contributed by atoms with Gasteiger partial charge in [0.2, 0.25) is 0 Å². The number of hydrogen-bond acceptors (Lipinski definition) is 8. The van der Waals surface area contributed by atoms with E-state index in [1.807, 2.05) is 45.0 Å². The van der Waals surface area contributed by atoms with E-state index in [-0.39, 0.29) is 30.4 Å². The number of nitrogens with one attached hydrogen (secondary N) is 2. The van der Waals surface area contributed by atoms with Crippen molar-refractivity contribution in [1.82, 2.24) is 14.5 Å². The molecule has 4 rings (SSSR count). The number of fused-ring (bicyclic) bond motifs is 1. The van der Waals surface area contributed by atoms with Crippen LogP contribution < -0.4 is 21.1 Å². The molecule has 9 nitrogen and oxygen atoms in total. The number of pyridine rings is 3. The molecule has 3 aromatic heterocycles. The standard InChI is InChI=1S/C24H32N6O3/c1-24(2,3)28-22-21-16(5-9-30(12-13-31)23(21)33)14-20(27-22)26-19-15-17(4-8-25-19)29-10-6-18(32)7-11-29/h4-5,8-9,14-15,18,31-32H,6-7,10-13H2,1-3H3,(H2,25,26,27,28). The van der Waals surface area contributed by atoms with Gasteiger partial charge in [0.05, 0.1) is 18.1 Å². The van der Waals surface area contributed by atoms with Gasteiger partial charge in [-0.05, 0) is 57.2 Å². The molecule has 0 aliphatic carbocycles. The van der Waals surface area contributed by atoms with Gasteiger partial charge in [0.1, 0.15) is 17.5 Å². The lowest BCUT2D eigenvalue weighted by molar-refractivity contribution is 0.145. The lowest BCUT2D eigenvalue weighted by Gasteiger charge is -2.31. The molecule has 33 heavy (non-hydrogen) atoms. The molecule has 0 bridgehead atoms. The van der Waals surface area contributed by atoms with Crippen LogP contribution in [0.4, 0.5) is 23.1 Å². The molecule has 0 unspecified atom stereocenters. The maximum absolute atomic E-state index is 13.1. The lowest BCUT2D eigenvalue weighted by Crippen LogP contribution is -2.35. The zero-order valence-electron chi connectivity index (χ0n) is 19.4. The molecule has 9 heteroatoms. The SMILES string of the molecule is CC(C)(C)Nc1nc(Nc2cc(N3CCC(O)CC3)ccn2)cc2ccn(CCO)c(=O)c12. The number of piperidine rings is 1. The predicted molar refractivity (Wildman–Crippen MR) is 131 cm³/mol. The first-order valence-electron chi connectivity index (χ1n) is 11.3. The Morgan fingerprint density at radius 2 is 1.91 bits per heavy atom. The van der Waals surface area contributed by atoms with Crippen LogP contribution in [0.1, 0.15) is 33.6 Å². The van der Waals surface area contributed by atoms with Crippen LogP contribution in [0.3, 0.4) is 0 Å². The third-order valence-corrected chi connectivity index (χ3v) is 5.62. The molecule has 0 spiro atoms. The van der Waals surface area contributed by atoms with E-state index in [2.05, 4.69) is 20.5 Å². The minimum absolute atomic E-state index is 0.113. The van der Waals surface area contributed by atoms with Gasteiger partial charge in [0, 0.05) is 49.3 Å². The quantitative estimate of drug-likeness (QED) is 0.451. The summed E-state index contributed by atoms with van der Waals surface area (Å²) in [6.07, 6.45) is 4.74. The summed E-state index contributed by atoms with van der Waals surface area (Å²) in [5.74, 6) is 1.72. The van der Waals surface area contributed by atoms with Crippen LogP contribution in [0.5, 0.6) is 0 Å². The van der Waals surface area contributed by atoms with Crippen molar-refractivity contribution in [3.05, 3.63) is 47.0 Å². The molecule has 0 radical (unpaired) electrons. The second kappa shape index (κ2) is 9.36. The number of rotatable bonds is 6. The van der Waals surface area contributed by atoms with Gasteiger partial charge in [-0.15, -0.1) is 0 Å². The summed E-state index contributed by atoms with van der Waals surface area (Å²) in [6.45, 7) is 7.76. The predicted octanol–water partition coefficient (Wildman–Crippen LogP) is 2.70. The first-order valence-corrected chi connectivity index (χ1v) is 11.3. The van der Waals surface area contributed by atoms with Gasteiger partial charge in [-0.25, -0.2) is 9.97 Å². The molecule has 4 heterocycles. The largest absolute Gasteiger partial charge is 0.395 e. The van der Waals surface area contributed by atoms with Crippen LogP contribution in [0.15, 0.2) is 41.5 Å². The molecule has 1 saturated heterocycles. The summed E-state index contributed by atoms with van der Waals surface area (Å²) < 4.78 is 1.49. The van der Waals surface area contributed by atoms with Gasteiger partial charge in [-0.3, -0.25) is 4.79 Å².